The van der Waals surface area contributed by atoms with Gasteiger partial charge in [-0.2, -0.15) is 0 Å². The average Bonchev–Trinajstić information content (AvgIpc) is 3.71. The Bertz CT molecular complexity index is 2830. The Kier molecular flexibility index (Phi) is 6.29. The quantitative estimate of drug-likeness (QED) is 0.169. The van der Waals surface area contributed by atoms with Gasteiger partial charge in [0, 0.05) is 39.7 Å². The van der Waals surface area contributed by atoms with Gasteiger partial charge in [-0.05, 0) is 109 Å². The zero-order valence-electron chi connectivity index (χ0n) is 30.9. The Labute approximate surface area is 323 Å². The van der Waals surface area contributed by atoms with Crippen molar-refractivity contribution in [1.82, 2.24) is 0 Å². The summed E-state index contributed by atoms with van der Waals surface area (Å²) in [4.78, 5) is 5.09. The van der Waals surface area contributed by atoms with Crippen LogP contribution >= 0.6 is 0 Å². The number of rotatable bonds is 3. The smallest absolute Gasteiger partial charge is 0.252 e. The van der Waals surface area contributed by atoms with E-state index in [1.165, 1.54) is 101 Å². The molecule has 0 fully saturated rings. The molecule has 2 aliphatic carbocycles. The topological polar surface area (TPSA) is 6.48 Å². The van der Waals surface area contributed by atoms with Crippen LogP contribution in [0.2, 0.25) is 0 Å². The molecule has 4 aliphatic rings. The van der Waals surface area contributed by atoms with Crippen molar-refractivity contribution in [2.75, 3.05) is 9.80 Å². The van der Waals surface area contributed by atoms with Crippen LogP contribution < -0.4 is 26.2 Å². The van der Waals surface area contributed by atoms with Gasteiger partial charge in [-0.1, -0.05) is 153 Å². The molecular weight excluding hydrogens is 663 g/mol. The molecule has 3 heteroatoms. The van der Waals surface area contributed by atoms with Crippen LogP contribution in [0, 0.1) is 0 Å². The molecule has 12 rings (SSSR count). The van der Waals surface area contributed by atoms with E-state index in [0.717, 1.165) is 0 Å². The second-order valence-electron chi connectivity index (χ2n) is 15.8. The molecule has 0 N–H and O–H groups in total. The summed E-state index contributed by atoms with van der Waals surface area (Å²) in [5, 5.41) is 0. The summed E-state index contributed by atoms with van der Waals surface area (Å²) < 4.78 is 0. The predicted octanol–water partition coefficient (Wildman–Crippen LogP) is 11.2. The molecule has 0 aromatic heterocycles. The molecular formula is C52H37BN2. The van der Waals surface area contributed by atoms with Gasteiger partial charge in [-0.25, -0.2) is 0 Å². The highest BCUT2D eigenvalue weighted by atomic mass is 15.2. The van der Waals surface area contributed by atoms with Crippen LogP contribution in [-0.2, 0) is 5.41 Å². The van der Waals surface area contributed by atoms with Gasteiger partial charge in [0.25, 0.3) is 6.71 Å². The second-order valence-corrected chi connectivity index (χ2v) is 15.8. The van der Waals surface area contributed by atoms with Crippen LogP contribution in [0.3, 0.4) is 0 Å². The lowest BCUT2D eigenvalue weighted by atomic mass is 9.33. The van der Waals surface area contributed by atoms with E-state index in [2.05, 4.69) is 206 Å². The first kappa shape index (κ1) is 30.8. The molecule has 0 saturated carbocycles. The monoisotopic (exact) mass is 700 g/mol. The maximum atomic E-state index is 2.59. The van der Waals surface area contributed by atoms with Gasteiger partial charge < -0.3 is 9.80 Å². The first-order valence-electron chi connectivity index (χ1n) is 19.6. The Morgan fingerprint density at radius 1 is 0.436 bits per heavy atom. The SMILES string of the molecule is CC(C)c1ccc2c(c1)N(c1ccccc1)c1cccc3c1B2c1ccc2c(c1N3c1ccccc1)-c1ccccc1C21c2ccccc2-c2ccccc21. The first-order chi connectivity index (χ1) is 27.2. The van der Waals surface area contributed by atoms with E-state index in [1.54, 1.807) is 0 Å². The third-order valence-electron chi connectivity index (χ3n) is 12.8. The normalized spacial score (nSPS) is 14.6. The van der Waals surface area contributed by atoms with Crippen molar-refractivity contribution in [3.63, 3.8) is 0 Å². The van der Waals surface area contributed by atoms with E-state index < -0.39 is 5.41 Å². The van der Waals surface area contributed by atoms with E-state index in [4.69, 9.17) is 0 Å². The standard InChI is InChI=1S/C52H37BN2/c1-33(2)34-28-30-44-48(32-34)54(35-16-5-3-6-17-35)46-26-15-27-47-50(46)53(44)45-31-29-43-49(51(45)55(47)36-18-7-4-8-19-36)39-22-11-14-25-42(39)52(43)40-23-12-9-20-37(40)38-21-10-13-24-41(38)52/h3-33H,1-2H3. The van der Waals surface area contributed by atoms with Gasteiger partial charge >= 0.3 is 0 Å². The molecule has 8 aromatic carbocycles. The van der Waals surface area contributed by atoms with Gasteiger partial charge in [0.05, 0.1) is 5.41 Å². The maximum absolute atomic E-state index is 2.59. The molecule has 1 spiro atoms. The molecule has 0 unspecified atom stereocenters. The third-order valence-corrected chi connectivity index (χ3v) is 12.8. The molecule has 2 aliphatic heterocycles. The lowest BCUT2D eigenvalue weighted by Crippen LogP contribution is -2.61. The molecule has 0 radical (unpaired) electrons. The molecule has 0 saturated heterocycles. The van der Waals surface area contributed by atoms with Gasteiger partial charge in [0.15, 0.2) is 0 Å². The Morgan fingerprint density at radius 2 is 0.964 bits per heavy atom. The molecule has 55 heavy (non-hydrogen) atoms. The molecule has 2 nitrogen and oxygen atoms in total. The van der Waals surface area contributed by atoms with Crippen LogP contribution in [0.1, 0.15) is 47.6 Å². The number of hydrogen-bond donors (Lipinski definition) is 0. The minimum Gasteiger partial charge on any atom is -0.311 e. The molecule has 2 heterocycles. The summed E-state index contributed by atoms with van der Waals surface area (Å²) in [5.74, 6) is 0.413. The molecule has 0 atom stereocenters. The van der Waals surface area contributed by atoms with Crippen LogP contribution in [0.25, 0.3) is 22.3 Å². The summed E-state index contributed by atoms with van der Waals surface area (Å²) in [6.45, 7) is 4.65. The molecule has 8 aromatic rings. The summed E-state index contributed by atoms with van der Waals surface area (Å²) in [6, 6.07) is 68.6. The third kappa shape index (κ3) is 3.90. The largest absolute Gasteiger partial charge is 0.311 e. The highest BCUT2D eigenvalue weighted by Gasteiger charge is 2.54. The zero-order chi connectivity index (χ0) is 36.4. The fourth-order valence-electron chi connectivity index (χ4n) is 10.7. The first-order valence-corrected chi connectivity index (χ1v) is 19.6. The van der Waals surface area contributed by atoms with Crippen molar-refractivity contribution in [2.24, 2.45) is 0 Å². The Balaban J connectivity index is 1.23. The minimum atomic E-state index is -0.417. The van der Waals surface area contributed by atoms with Crippen molar-refractivity contribution >= 4 is 57.2 Å². The van der Waals surface area contributed by atoms with Crippen molar-refractivity contribution < 1.29 is 0 Å². The fraction of sp³-hybridized carbons (Fsp3) is 0.0769. The summed E-state index contributed by atoms with van der Waals surface area (Å²) in [6.07, 6.45) is 0. The average molecular weight is 701 g/mol. The van der Waals surface area contributed by atoms with E-state index in [9.17, 15) is 0 Å². The van der Waals surface area contributed by atoms with Crippen LogP contribution in [-0.4, -0.2) is 6.71 Å². The lowest BCUT2D eigenvalue weighted by molar-refractivity contribution is 0.794. The minimum absolute atomic E-state index is 0.0505. The highest BCUT2D eigenvalue weighted by molar-refractivity contribution is 7.00. The van der Waals surface area contributed by atoms with Crippen molar-refractivity contribution in [3.8, 4) is 22.3 Å². The lowest BCUT2D eigenvalue weighted by Gasteiger charge is -2.45. The van der Waals surface area contributed by atoms with Crippen LogP contribution in [0.5, 0.6) is 0 Å². The number of para-hydroxylation sites is 2. The van der Waals surface area contributed by atoms with Crippen LogP contribution in [0.4, 0.5) is 34.1 Å². The van der Waals surface area contributed by atoms with Gasteiger partial charge in [-0.3, -0.25) is 0 Å². The van der Waals surface area contributed by atoms with E-state index >= 15 is 0 Å². The summed E-state index contributed by atoms with van der Waals surface area (Å²) in [5.41, 5.74) is 23.1. The van der Waals surface area contributed by atoms with Crippen molar-refractivity contribution in [3.05, 3.63) is 210 Å². The second kappa shape index (κ2) is 11.2. The summed E-state index contributed by atoms with van der Waals surface area (Å²) in [7, 11) is 0. The maximum Gasteiger partial charge on any atom is 0.252 e. The van der Waals surface area contributed by atoms with Gasteiger partial charge in [0.2, 0.25) is 0 Å². The predicted molar refractivity (Wildman–Crippen MR) is 231 cm³/mol. The molecule has 0 bridgehead atoms. The summed E-state index contributed by atoms with van der Waals surface area (Å²) >= 11 is 0. The number of hydrogen-bond acceptors (Lipinski definition) is 2. The van der Waals surface area contributed by atoms with Crippen LogP contribution in [0.15, 0.2) is 182 Å². The molecule has 258 valence electrons. The fourth-order valence-corrected chi connectivity index (χ4v) is 10.7. The zero-order valence-corrected chi connectivity index (χ0v) is 30.9. The number of nitrogens with zero attached hydrogens (tertiary/aromatic N) is 2. The van der Waals surface area contributed by atoms with Gasteiger partial charge in [0.1, 0.15) is 0 Å². The Hall–Kier alpha value is -6.58. The van der Waals surface area contributed by atoms with E-state index in [-0.39, 0.29) is 6.71 Å². The number of anilines is 6. The number of fused-ring (bicyclic) bond motifs is 15. The number of benzene rings is 8. The molecule has 0 amide bonds. The van der Waals surface area contributed by atoms with E-state index in [1.807, 2.05) is 0 Å². The van der Waals surface area contributed by atoms with E-state index in [0.29, 0.717) is 5.92 Å². The Morgan fingerprint density at radius 3 is 1.60 bits per heavy atom. The van der Waals surface area contributed by atoms with Gasteiger partial charge in [-0.15, -0.1) is 0 Å². The van der Waals surface area contributed by atoms with Crippen molar-refractivity contribution in [2.45, 2.75) is 25.2 Å². The van der Waals surface area contributed by atoms with Crippen molar-refractivity contribution in [1.29, 1.82) is 0 Å². The highest BCUT2D eigenvalue weighted by Crippen LogP contribution is 2.64.